The van der Waals surface area contributed by atoms with E-state index in [0.29, 0.717) is 6.54 Å². The van der Waals surface area contributed by atoms with Gasteiger partial charge < -0.3 is 5.32 Å². The van der Waals surface area contributed by atoms with Crippen LogP contribution in [0.15, 0.2) is 60.1 Å². The van der Waals surface area contributed by atoms with Crippen molar-refractivity contribution in [1.82, 2.24) is 10.3 Å². The molecule has 0 saturated carbocycles. The number of nitrogens with one attached hydrogen (secondary N) is 1. The number of hydrogen-bond donors (Lipinski definition) is 1. The summed E-state index contributed by atoms with van der Waals surface area (Å²) in [6.45, 7) is 0.300. The first kappa shape index (κ1) is 14.4. The second kappa shape index (κ2) is 6.49. The Morgan fingerprint density at radius 3 is 2.77 bits per heavy atom. The Morgan fingerprint density at radius 2 is 2.00 bits per heavy atom. The number of nitrogens with zero attached hydrogens (tertiary/aromatic N) is 1. The molecule has 2 heterocycles. The molecule has 0 atom stereocenters. The minimum Gasteiger partial charge on any atom is -0.348 e. The van der Waals surface area contributed by atoms with Gasteiger partial charge in [-0.1, -0.05) is 24.3 Å². The van der Waals surface area contributed by atoms with E-state index in [0.717, 1.165) is 16.1 Å². The lowest BCUT2D eigenvalue weighted by Gasteiger charge is -2.09. The Morgan fingerprint density at radius 1 is 1.14 bits per heavy atom. The molecule has 3 rings (SSSR count). The number of aromatic nitrogens is 1. The Balaban J connectivity index is 1.78. The van der Waals surface area contributed by atoms with Crippen molar-refractivity contribution in [1.29, 1.82) is 0 Å². The summed E-state index contributed by atoms with van der Waals surface area (Å²) in [5.74, 6) is -0.955. The average molecular weight is 312 g/mol. The summed E-state index contributed by atoms with van der Waals surface area (Å²) in [4.78, 5) is 17.5. The second-order valence-electron chi connectivity index (χ2n) is 4.65. The first-order valence-electron chi connectivity index (χ1n) is 6.76. The molecule has 2 aromatic heterocycles. The number of amides is 1. The summed E-state index contributed by atoms with van der Waals surface area (Å²) in [7, 11) is 0. The van der Waals surface area contributed by atoms with E-state index in [9.17, 15) is 9.18 Å². The maximum atomic E-state index is 13.6. The molecular weight excluding hydrogens is 299 g/mol. The molecule has 3 nitrogen and oxygen atoms in total. The third-order valence-corrected chi connectivity index (χ3v) is 4.08. The maximum Gasteiger partial charge on any atom is 0.254 e. The third kappa shape index (κ3) is 3.04. The molecule has 5 heteroatoms. The van der Waals surface area contributed by atoms with Crippen LogP contribution in [0.4, 0.5) is 4.39 Å². The summed E-state index contributed by atoms with van der Waals surface area (Å²) in [6, 6.07) is 13.6. The van der Waals surface area contributed by atoms with Crippen LogP contribution < -0.4 is 5.32 Å². The molecule has 1 aromatic carbocycles. The van der Waals surface area contributed by atoms with Crippen LogP contribution in [0.25, 0.3) is 10.6 Å². The molecule has 22 heavy (non-hydrogen) atoms. The van der Waals surface area contributed by atoms with Crippen molar-refractivity contribution < 1.29 is 9.18 Å². The molecule has 0 fully saturated rings. The highest BCUT2D eigenvalue weighted by molar-refractivity contribution is 7.13. The van der Waals surface area contributed by atoms with Gasteiger partial charge in [-0.05, 0) is 35.2 Å². The SMILES string of the molecule is O=C(NCc1cccnc1-c1cccs1)c1ccccc1F. The molecule has 110 valence electrons. The number of carbonyl (C=O) groups is 1. The Bertz CT molecular complexity index is 787. The molecule has 0 aliphatic heterocycles. The van der Waals surface area contributed by atoms with Crippen LogP contribution in [-0.2, 0) is 6.54 Å². The molecule has 3 aromatic rings. The van der Waals surface area contributed by atoms with Crippen molar-refractivity contribution in [2.75, 3.05) is 0 Å². The fourth-order valence-electron chi connectivity index (χ4n) is 2.13. The van der Waals surface area contributed by atoms with E-state index in [1.807, 2.05) is 29.6 Å². The molecule has 0 radical (unpaired) electrons. The van der Waals surface area contributed by atoms with E-state index in [4.69, 9.17) is 0 Å². The fraction of sp³-hybridized carbons (Fsp3) is 0.0588. The van der Waals surface area contributed by atoms with Gasteiger partial charge in [0.1, 0.15) is 5.82 Å². The first-order chi connectivity index (χ1) is 10.8. The van der Waals surface area contributed by atoms with Crippen molar-refractivity contribution in [2.24, 2.45) is 0 Å². The number of hydrogen-bond acceptors (Lipinski definition) is 3. The number of rotatable bonds is 4. The van der Waals surface area contributed by atoms with Gasteiger partial charge in [0.2, 0.25) is 0 Å². The molecule has 1 N–H and O–H groups in total. The largest absolute Gasteiger partial charge is 0.348 e. The van der Waals surface area contributed by atoms with Gasteiger partial charge in [-0.2, -0.15) is 0 Å². The highest BCUT2D eigenvalue weighted by Crippen LogP contribution is 2.25. The van der Waals surface area contributed by atoms with E-state index in [1.54, 1.807) is 29.7 Å². The molecule has 1 amide bonds. The zero-order chi connectivity index (χ0) is 15.4. The Labute approximate surface area is 131 Å². The van der Waals surface area contributed by atoms with Crippen molar-refractivity contribution in [3.8, 4) is 10.6 Å². The first-order valence-corrected chi connectivity index (χ1v) is 7.64. The van der Waals surface area contributed by atoms with Crippen molar-refractivity contribution >= 4 is 17.2 Å². The van der Waals surface area contributed by atoms with Gasteiger partial charge in [0.25, 0.3) is 5.91 Å². The lowest BCUT2D eigenvalue weighted by molar-refractivity contribution is 0.0947. The van der Waals surface area contributed by atoms with Crippen molar-refractivity contribution in [3.63, 3.8) is 0 Å². The number of thiophene rings is 1. The molecule has 0 unspecified atom stereocenters. The van der Waals surface area contributed by atoms with E-state index in [1.165, 1.54) is 12.1 Å². The smallest absolute Gasteiger partial charge is 0.254 e. The standard InChI is InChI=1S/C17H13FN2OS/c18-14-7-2-1-6-13(14)17(21)20-11-12-5-3-9-19-16(12)15-8-4-10-22-15/h1-10H,11H2,(H,20,21). The number of halogens is 1. The minimum absolute atomic E-state index is 0.0454. The molecular formula is C17H13FN2OS. The minimum atomic E-state index is -0.523. The van der Waals surface area contributed by atoms with Gasteiger partial charge >= 0.3 is 0 Å². The molecule has 0 saturated heterocycles. The summed E-state index contributed by atoms with van der Waals surface area (Å²) in [5, 5.41) is 4.72. The summed E-state index contributed by atoms with van der Waals surface area (Å²) >= 11 is 1.59. The Hall–Kier alpha value is -2.53. The fourth-order valence-corrected chi connectivity index (χ4v) is 2.89. The average Bonchev–Trinajstić information content (AvgIpc) is 3.07. The van der Waals surface area contributed by atoms with E-state index < -0.39 is 11.7 Å². The van der Waals surface area contributed by atoms with Crippen LogP contribution in [0, 0.1) is 5.82 Å². The summed E-state index contributed by atoms with van der Waals surface area (Å²) < 4.78 is 13.6. The molecule has 0 aliphatic rings. The van der Waals surface area contributed by atoms with E-state index in [2.05, 4.69) is 10.3 Å². The molecule has 0 bridgehead atoms. The van der Waals surface area contributed by atoms with Crippen LogP contribution in [0.2, 0.25) is 0 Å². The van der Waals surface area contributed by atoms with Crippen LogP contribution >= 0.6 is 11.3 Å². The zero-order valence-corrected chi connectivity index (χ0v) is 12.4. The van der Waals surface area contributed by atoms with Gasteiger partial charge in [-0.15, -0.1) is 11.3 Å². The highest BCUT2D eigenvalue weighted by atomic mass is 32.1. The van der Waals surface area contributed by atoms with Gasteiger partial charge in [0.05, 0.1) is 16.1 Å². The highest BCUT2D eigenvalue weighted by Gasteiger charge is 2.12. The normalized spacial score (nSPS) is 10.4. The van der Waals surface area contributed by atoms with Gasteiger partial charge in [0.15, 0.2) is 0 Å². The van der Waals surface area contributed by atoms with Crippen molar-refractivity contribution in [2.45, 2.75) is 6.54 Å². The van der Waals surface area contributed by atoms with Crippen molar-refractivity contribution in [3.05, 3.63) is 77.1 Å². The van der Waals surface area contributed by atoms with Gasteiger partial charge in [-0.25, -0.2) is 4.39 Å². The molecule has 0 aliphatic carbocycles. The predicted molar refractivity (Wildman–Crippen MR) is 85.1 cm³/mol. The zero-order valence-electron chi connectivity index (χ0n) is 11.6. The lowest BCUT2D eigenvalue weighted by atomic mass is 10.1. The topological polar surface area (TPSA) is 42.0 Å². The van der Waals surface area contributed by atoms with E-state index >= 15 is 0 Å². The molecule has 0 spiro atoms. The lowest BCUT2D eigenvalue weighted by Crippen LogP contribution is -2.24. The van der Waals surface area contributed by atoms with E-state index in [-0.39, 0.29) is 5.56 Å². The maximum absolute atomic E-state index is 13.6. The van der Waals surface area contributed by atoms with Gasteiger partial charge in [-0.3, -0.25) is 9.78 Å². The predicted octanol–water partition coefficient (Wildman–Crippen LogP) is 3.88. The number of pyridine rings is 1. The quantitative estimate of drug-likeness (QED) is 0.794. The van der Waals surface area contributed by atoms with Crippen LogP contribution in [0.3, 0.4) is 0 Å². The van der Waals surface area contributed by atoms with Gasteiger partial charge in [0, 0.05) is 12.7 Å². The Kier molecular flexibility index (Phi) is 4.25. The third-order valence-electron chi connectivity index (χ3n) is 3.20. The van der Waals surface area contributed by atoms with Crippen LogP contribution in [0.1, 0.15) is 15.9 Å². The van der Waals surface area contributed by atoms with Crippen LogP contribution in [0.5, 0.6) is 0 Å². The number of benzene rings is 1. The monoisotopic (exact) mass is 312 g/mol. The summed E-state index contributed by atoms with van der Waals surface area (Å²) in [5.41, 5.74) is 1.78. The number of carbonyl (C=O) groups excluding carboxylic acids is 1. The summed E-state index contributed by atoms with van der Waals surface area (Å²) in [6.07, 6.45) is 1.72. The van der Waals surface area contributed by atoms with Crippen LogP contribution in [-0.4, -0.2) is 10.9 Å². The second-order valence-corrected chi connectivity index (χ2v) is 5.60.